The van der Waals surface area contributed by atoms with Crippen molar-refractivity contribution < 1.29 is 13.2 Å². The van der Waals surface area contributed by atoms with Crippen LogP contribution in [0.3, 0.4) is 0 Å². The highest BCUT2D eigenvalue weighted by Gasteiger charge is 2.28. The second-order valence-corrected chi connectivity index (χ2v) is 9.95. The number of nitrogens with one attached hydrogen (secondary N) is 1. The number of fused-ring (bicyclic) bond motifs is 1. The minimum absolute atomic E-state index is 0.226. The standard InChI is InChI=1S/C20H21N3O3S2/c1-14-3-2-10-23(12-14)28(25,26)17-7-4-15(5-8-17)20(24)22-16-6-9-18-19(11-16)27-13-21-18/h4-9,11,13-14H,2-3,10,12H2,1H3,(H,22,24)/t14-/m1/s1. The van der Waals surface area contributed by atoms with Crippen LogP contribution in [0.1, 0.15) is 30.1 Å². The molecule has 0 bridgehead atoms. The van der Waals surface area contributed by atoms with E-state index in [1.807, 2.05) is 12.1 Å². The number of thiazole rings is 1. The number of aromatic nitrogens is 1. The van der Waals surface area contributed by atoms with Gasteiger partial charge in [-0.3, -0.25) is 4.79 Å². The first-order valence-electron chi connectivity index (χ1n) is 9.18. The number of benzene rings is 2. The fourth-order valence-corrected chi connectivity index (χ4v) is 5.74. The van der Waals surface area contributed by atoms with Crippen molar-refractivity contribution in [2.75, 3.05) is 18.4 Å². The molecule has 2 aromatic carbocycles. The highest BCUT2D eigenvalue weighted by molar-refractivity contribution is 7.89. The summed E-state index contributed by atoms with van der Waals surface area (Å²) in [5, 5.41) is 2.85. The average Bonchev–Trinajstić information content (AvgIpc) is 3.16. The van der Waals surface area contributed by atoms with E-state index in [2.05, 4.69) is 17.2 Å². The molecular formula is C20H21N3O3S2. The van der Waals surface area contributed by atoms with E-state index >= 15 is 0 Å². The van der Waals surface area contributed by atoms with E-state index in [4.69, 9.17) is 0 Å². The molecule has 1 aliphatic rings. The summed E-state index contributed by atoms with van der Waals surface area (Å²) >= 11 is 1.51. The molecule has 1 atom stereocenters. The van der Waals surface area contributed by atoms with Gasteiger partial charge in [-0.2, -0.15) is 4.31 Å². The summed E-state index contributed by atoms with van der Waals surface area (Å²) in [6.45, 7) is 3.16. The van der Waals surface area contributed by atoms with Gasteiger partial charge in [0.25, 0.3) is 5.91 Å². The molecular weight excluding hydrogens is 394 g/mol. The lowest BCUT2D eigenvalue weighted by Gasteiger charge is -2.30. The van der Waals surface area contributed by atoms with Crippen LogP contribution in [-0.2, 0) is 10.0 Å². The Labute approximate surface area is 168 Å². The third-order valence-electron chi connectivity index (χ3n) is 4.96. The van der Waals surface area contributed by atoms with Crippen molar-refractivity contribution in [3.05, 3.63) is 53.5 Å². The summed E-state index contributed by atoms with van der Waals surface area (Å²) in [4.78, 5) is 17.0. The Morgan fingerprint density at radius 1 is 1.21 bits per heavy atom. The van der Waals surface area contributed by atoms with Crippen LogP contribution in [-0.4, -0.2) is 36.7 Å². The van der Waals surface area contributed by atoms with E-state index in [1.165, 1.54) is 23.5 Å². The van der Waals surface area contributed by atoms with Gasteiger partial charge in [0.2, 0.25) is 10.0 Å². The molecule has 1 amide bonds. The third-order valence-corrected chi connectivity index (χ3v) is 7.63. The van der Waals surface area contributed by atoms with Gasteiger partial charge in [0, 0.05) is 24.3 Å². The van der Waals surface area contributed by atoms with E-state index in [0.717, 1.165) is 23.1 Å². The van der Waals surface area contributed by atoms with Gasteiger partial charge >= 0.3 is 0 Å². The fraction of sp³-hybridized carbons (Fsp3) is 0.300. The molecule has 1 saturated heterocycles. The molecule has 0 saturated carbocycles. The number of sulfonamides is 1. The average molecular weight is 416 g/mol. The van der Waals surface area contributed by atoms with Crippen molar-refractivity contribution in [1.82, 2.24) is 9.29 Å². The first-order valence-corrected chi connectivity index (χ1v) is 11.5. The molecule has 1 aromatic heterocycles. The maximum atomic E-state index is 12.8. The van der Waals surface area contributed by atoms with E-state index in [9.17, 15) is 13.2 Å². The van der Waals surface area contributed by atoms with Gasteiger partial charge < -0.3 is 5.32 Å². The van der Waals surface area contributed by atoms with E-state index < -0.39 is 10.0 Å². The molecule has 4 rings (SSSR count). The lowest BCUT2D eigenvalue weighted by atomic mass is 10.0. The van der Waals surface area contributed by atoms with Crippen LogP contribution in [0.5, 0.6) is 0 Å². The Bertz CT molecular complexity index is 1110. The zero-order valence-corrected chi connectivity index (χ0v) is 17.1. The molecule has 6 nitrogen and oxygen atoms in total. The molecule has 0 aliphatic carbocycles. The van der Waals surface area contributed by atoms with Crippen molar-refractivity contribution in [2.24, 2.45) is 5.92 Å². The molecule has 8 heteroatoms. The molecule has 146 valence electrons. The zero-order chi connectivity index (χ0) is 19.7. The van der Waals surface area contributed by atoms with Crippen molar-refractivity contribution in [2.45, 2.75) is 24.7 Å². The second kappa shape index (κ2) is 7.62. The molecule has 1 fully saturated rings. The van der Waals surface area contributed by atoms with Crippen LogP contribution in [0.25, 0.3) is 10.2 Å². The molecule has 28 heavy (non-hydrogen) atoms. The van der Waals surface area contributed by atoms with Crippen molar-refractivity contribution in [1.29, 1.82) is 0 Å². The van der Waals surface area contributed by atoms with Crippen LogP contribution in [0, 0.1) is 5.92 Å². The minimum atomic E-state index is -3.52. The Kier molecular flexibility index (Phi) is 5.18. The number of piperidine rings is 1. The Hall–Kier alpha value is -2.29. The SMILES string of the molecule is C[C@@H]1CCCN(S(=O)(=O)c2ccc(C(=O)Nc3ccc4ncsc4c3)cc2)C1. The molecule has 0 radical (unpaired) electrons. The van der Waals surface area contributed by atoms with E-state index in [0.29, 0.717) is 30.3 Å². The number of hydrogen-bond donors (Lipinski definition) is 1. The summed E-state index contributed by atoms with van der Waals surface area (Å²) in [7, 11) is -3.52. The molecule has 1 N–H and O–H groups in total. The lowest BCUT2D eigenvalue weighted by molar-refractivity contribution is 0.102. The normalized spacial score (nSPS) is 18.2. The van der Waals surface area contributed by atoms with Gasteiger partial charge in [-0.05, 0) is 61.2 Å². The highest BCUT2D eigenvalue weighted by atomic mass is 32.2. The van der Waals surface area contributed by atoms with Gasteiger partial charge in [-0.25, -0.2) is 13.4 Å². The number of nitrogens with zero attached hydrogens (tertiary/aromatic N) is 2. The highest BCUT2D eigenvalue weighted by Crippen LogP contribution is 2.25. The summed E-state index contributed by atoms with van der Waals surface area (Å²) in [6, 6.07) is 11.7. The number of rotatable bonds is 4. The van der Waals surface area contributed by atoms with Gasteiger partial charge in [0.05, 0.1) is 20.6 Å². The zero-order valence-electron chi connectivity index (χ0n) is 15.5. The fourth-order valence-electron chi connectivity index (χ4n) is 3.43. The smallest absolute Gasteiger partial charge is 0.255 e. The van der Waals surface area contributed by atoms with Crippen LogP contribution in [0.4, 0.5) is 5.69 Å². The second-order valence-electron chi connectivity index (χ2n) is 7.12. The van der Waals surface area contributed by atoms with Crippen LogP contribution in [0.15, 0.2) is 52.9 Å². The van der Waals surface area contributed by atoms with Crippen molar-refractivity contribution in [3.63, 3.8) is 0 Å². The molecule has 2 heterocycles. The third kappa shape index (κ3) is 3.80. The molecule has 0 unspecified atom stereocenters. The first kappa shape index (κ1) is 19.0. The number of anilines is 1. The lowest BCUT2D eigenvalue weighted by Crippen LogP contribution is -2.39. The van der Waals surface area contributed by atoms with Crippen LogP contribution < -0.4 is 5.32 Å². The number of amides is 1. The minimum Gasteiger partial charge on any atom is -0.322 e. The Morgan fingerprint density at radius 2 is 2.00 bits per heavy atom. The van der Waals surface area contributed by atoms with Gasteiger partial charge in [-0.15, -0.1) is 11.3 Å². The van der Waals surface area contributed by atoms with Crippen molar-refractivity contribution >= 4 is 43.2 Å². The van der Waals surface area contributed by atoms with Gasteiger partial charge in [-0.1, -0.05) is 6.92 Å². The summed E-state index contributed by atoms with van der Waals surface area (Å²) in [5.74, 6) is 0.0869. The maximum Gasteiger partial charge on any atom is 0.255 e. The number of carbonyl (C=O) groups is 1. The Balaban J connectivity index is 1.49. The predicted octanol–water partition coefficient (Wildman–Crippen LogP) is 3.97. The molecule has 3 aromatic rings. The van der Waals surface area contributed by atoms with E-state index in [-0.39, 0.29) is 10.8 Å². The first-order chi connectivity index (χ1) is 13.4. The van der Waals surface area contributed by atoms with Gasteiger partial charge in [0.1, 0.15) is 0 Å². The topological polar surface area (TPSA) is 79.4 Å². The van der Waals surface area contributed by atoms with Gasteiger partial charge in [0.15, 0.2) is 0 Å². The quantitative estimate of drug-likeness (QED) is 0.699. The van der Waals surface area contributed by atoms with Crippen molar-refractivity contribution in [3.8, 4) is 0 Å². The maximum absolute atomic E-state index is 12.8. The Morgan fingerprint density at radius 3 is 2.75 bits per heavy atom. The van der Waals surface area contributed by atoms with E-state index in [1.54, 1.807) is 28.0 Å². The molecule has 1 aliphatic heterocycles. The molecule has 0 spiro atoms. The number of carbonyl (C=O) groups excluding carboxylic acids is 1. The largest absolute Gasteiger partial charge is 0.322 e. The summed E-state index contributed by atoms with van der Waals surface area (Å²) in [5.41, 5.74) is 3.75. The summed E-state index contributed by atoms with van der Waals surface area (Å²) in [6.07, 6.45) is 1.93. The van der Waals surface area contributed by atoms with Crippen LogP contribution in [0.2, 0.25) is 0 Å². The summed E-state index contributed by atoms with van der Waals surface area (Å²) < 4.78 is 28.2. The predicted molar refractivity (Wildman–Crippen MR) is 111 cm³/mol. The van der Waals surface area contributed by atoms with Crippen LogP contribution >= 0.6 is 11.3 Å². The monoisotopic (exact) mass is 415 g/mol. The number of hydrogen-bond acceptors (Lipinski definition) is 5.